The van der Waals surface area contributed by atoms with Gasteiger partial charge in [-0.1, -0.05) is 23.7 Å². The lowest BCUT2D eigenvalue weighted by Gasteiger charge is -2.12. The van der Waals surface area contributed by atoms with Gasteiger partial charge in [0.2, 0.25) is 5.91 Å². The molecule has 0 aliphatic carbocycles. The van der Waals surface area contributed by atoms with E-state index in [1.807, 2.05) is 24.3 Å². The summed E-state index contributed by atoms with van der Waals surface area (Å²) in [6.07, 6.45) is -0.338. The number of benzene rings is 2. The summed E-state index contributed by atoms with van der Waals surface area (Å²) in [5.74, 6) is 0.164. The molecule has 0 saturated carbocycles. The number of carbonyl (C=O) groups excluding carboxylic acids is 1. The molecule has 200 valence electrons. The standard InChI is InChI=1S/C26H26ClF3N6O2/c27-21-12-16(2-5-23(21)38-26(28,29)30)14-32-11-7-24(37)34-8-1-9-35-25-19-6-10-33-15-20(19)18-4-3-17(31)13-22(18)36-25/h2-6,10,12-13,15,32H,1,7-9,11,14,31H2,(H,34,37)(H,35,36). The molecular weight excluding hydrogens is 521 g/mol. The second-order valence-electron chi connectivity index (χ2n) is 8.53. The highest BCUT2D eigenvalue weighted by Gasteiger charge is 2.32. The summed E-state index contributed by atoms with van der Waals surface area (Å²) in [5.41, 5.74) is 8.01. The Hall–Kier alpha value is -3.83. The molecule has 8 nitrogen and oxygen atoms in total. The molecule has 0 aliphatic rings. The molecule has 0 bridgehead atoms. The number of nitrogens with zero attached hydrogens (tertiary/aromatic N) is 2. The number of nitrogen functional groups attached to an aromatic ring is 1. The van der Waals surface area contributed by atoms with Crippen LogP contribution in [0.15, 0.2) is 54.9 Å². The fraction of sp³-hybridized carbons (Fsp3) is 0.269. The Balaban J connectivity index is 1.17. The average molecular weight is 547 g/mol. The number of ether oxygens (including phenoxy) is 1. The lowest BCUT2D eigenvalue weighted by molar-refractivity contribution is -0.274. The van der Waals surface area contributed by atoms with Gasteiger partial charge in [-0.05, 0) is 42.3 Å². The van der Waals surface area contributed by atoms with Gasteiger partial charge in [0.05, 0.1) is 10.5 Å². The van der Waals surface area contributed by atoms with Crippen LogP contribution in [-0.2, 0) is 11.3 Å². The molecule has 4 aromatic rings. The lowest BCUT2D eigenvalue weighted by atomic mass is 10.1. The third-order valence-corrected chi connectivity index (χ3v) is 5.96. The van der Waals surface area contributed by atoms with Crippen molar-refractivity contribution in [2.75, 3.05) is 30.7 Å². The van der Waals surface area contributed by atoms with E-state index >= 15 is 0 Å². The molecule has 0 atom stereocenters. The average Bonchev–Trinajstić information content (AvgIpc) is 2.87. The van der Waals surface area contributed by atoms with E-state index in [1.165, 1.54) is 12.1 Å². The number of hydrogen-bond acceptors (Lipinski definition) is 7. The second kappa shape index (κ2) is 12.1. The van der Waals surface area contributed by atoms with Crippen molar-refractivity contribution in [2.24, 2.45) is 0 Å². The van der Waals surface area contributed by atoms with Crippen LogP contribution in [-0.4, -0.2) is 41.9 Å². The Labute approximate surface area is 221 Å². The van der Waals surface area contributed by atoms with Crippen LogP contribution in [0, 0.1) is 0 Å². The Morgan fingerprint density at radius 3 is 2.66 bits per heavy atom. The predicted molar refractivity (Wildman–Crippen MR) is 142 cm³/mol. The van der Waals surface area contributed by atoms with E-state index < -0.39 is 12.1 Å². The topological polar surface area (TPSA) is 114 Å². The Bertz CT molecular complexity index is 1430. The minimum atomic E-state index is -4.80. The maximum atomic E-state index is 12.3. The first kappa shape index (κ1) is 27.2. The SMILES string of the molecule is Nc1ccc2c(c1)nc(NCCCNC(=O)CCNCc1ccc(OC(F)(F)F)c(Cl)c1)c1ccncc12. The monoisotopic (exact) mass is 546 g/mol. The number of nitrogens with two attached hydrogens (primary N) is 1. The van der Waals surface area contributed by atoms with Crippen molar-refractivity contribution in [3.63, 3.8) is 0 Å². The van der Waals surface area contributed by atoms with E-state index in [-0.39, 0.29) is 17.4 Å². The first-order valence-corrected chi connectivity index (χ1v) is 12.3. The molecule has 5 N–H and O–H groups in total. The summed E-state index contributed by atoms with van der Waals surface area (Å²) >= 11 is 5.85. The zero-order valence-corrected chi connectivity index (χ0v) is 21.0. The third kappa shape index (κ3) is 7.36. The molecule has 2 heterocycles. The van der Waals surface area contributed by atoms with E-state index in [2.05, 4.69) is 25.7 Å². The minimum absolute atomic E-state index is 0.111. The molecule has 2 aromatic heterocycles. The van der Waals surface area contributed by atoms with Crippen molar-refractivity contribution in [3.05, 3.63) is 65.4 Å². The summed E-state index contributed by atoms with van der Waals surface area (Å²) in [4.78, 5) is 21.1. The van der Waals surface area contributed by atoms with Crippen LogP contribution in [0.4, 0.5) is 24.7 Å². The van der Waals surface area contributed by atoms with Crippen molar-refractivity contribution in [1.82, 2.24) is 20.6 Å². The van der Waals surface area contributed by atoms with Crippen LogP contribution in [0.25, 0.3) is 21.7 Å². The van der Waals surface area contributed by atoms with E-state index in [1.54, 1.807) is 12.4 Å². The largest absolute Gasteiger partial charge is 0.573 e. The van der Waals surface area contributed by atoms with Gasteiger partial charge >= 0.3 is 6.36 Å². The van der Waals surface area contributed by atoms with Gasteiger partial charge in [-0.3, -0.25) is 9.78 Å². The van der Waals surface area contributed by atoms with Crippen molar-refractivity contribution < 1.29 is 22.7 Å². The first-order chi connectivity index (χ1) is 18.2. The maximum absolute atomic E-state index is 12.3. The highest BCUT2D eigenvalue weighted by molar-refractivity contribution is 6.32. The van der Waals surface area contributed by atoms with Crippen molar-refractivity contribution in [2.45, 2.75) is 25.7 Å². The predicted octanol–water partition coefficient (Wildman–Crippen LogP) is 5.02. The van der Waals surface area contributed by atoms with Gasteiger partial charge in [0.25, 0.3) is 0 Å². The summed E-state index contributed by atoms with van der Waals surface area (Å²) < 4.78 is 40.8. The molecule has 12 heteroatoms. The Kier molecular flexibility index (Phi) is 8.70. The van der Waals surface area contributed by atoms with E-state index in [0.717, 1.165) is 33.6 Å². The number of anilines is 2. The van der Waals surface area contributed by atoms with E-state index in [0.29, 0.717) is 43.9 Å². The van der Waals surface area contributed by atoms with Crippen LogP contribution in [0.1, 0.15) is 18.4 Å². The van der Waals surface area contributed by atoms with Crippen LogP contribution in [0.2, 0.25) is 5.02 Å². The number of nitrogens with one attached hydrogen (secondary N) is 3. The number of rotatable bonds is 11. The summed E-state index contributed by atoms with van der Waals surface area (Å²) in [6.45, 7) is 1.83. The van der Waals surface area contributed by atoms with E-state index in [9.17, 15) is 18.0 Å². The second-order valence-corrected chi connectivity index (χ2v) is 8.94. The molecule has 0 unspecified atom stereocenters. The molecule has 0 spiro atoms. The summed E-state index contributed by atoms with van der Waals surface area (Å²) in [7, 11) is 0. The first-order valence-electron chi connectivity index (χ1n) is 11.9. The maximum Gasteiger partial charge on any atom is 0.573 e. The number of amides is 1. The fourth-order valence-electron chi connectivity index (χ4n) is 3.91. The number of pyridine rings is 2. The normalized spacial score (nSPS) is 11.6. The highest BCUT2D eigenvalue weighted by Crippen LogP contribution is 2.31. The van der Waals surface area contributed by atoms with Crippen molar-refractivity contribution in [3.8, 4) is 5.75 Å². The van der Waals surface area contributed by atoms with Crippen molar-refractivity contribution in [1.29, 1.82) is 0 Å². The number of halogens is 4. The molecule has 2 aromatic carbocycles. The molecule has 0 saturated heterocycles. The lowest BCUT2D eigenvalue weighted by Crippen LogP contribution is -2.29. The number of alkyl halides is 3. The third-order valence-electron chi connectivity index (χ3n) is 5.67. The number of aromatic nitrogens is 2. The van der Waals surface area contributed by atoms with Crippen LogP contribution >= 0.6 is 11.6 Å². The Morgan fingerprint density at radius 2 is 1.87 bits per heavy atom. The number of carbonyl (C=O) groups is 1. The van der Waals surface area contributed by atoms with Gasteiger partial charge in [0.1, 0.15) is 11.6 Å². The van der Waals surface area contributed by atoms with E-state index in [4.69, 9.17) is 22.3 Å². The van der Waals surface area contributed by atoms with Gasteiger partial charge < -0.3 is 26.4 Å². The summed E-state index contributed by atoms with van der Waals surface area (Å²) in [6, 6.07) is 11.5. The molecule has 38 heavy (non-hydrogen) atoms. The van der Waals surface area contributed by atoms with Crippen LogP contribution in [0.5, 0.6) is 5.75 Å². The highest BCUT2D eigenvalue weighted by atomic mass is 35.5. The van der Waals surface area contributed by atoms with Gasteiger partial charge in [-0.2, -0.15) is 0 Å². The molecule has 4 rings (SSSR count). The fourth-order valence-corrected chi connectivity index (χ4v) is 4.15. The molecule has 0 aliphatic heterocycles. The molecule has 1 amide bonds. The molecule has 0 radical (unpaired) electrons. The van der Waals surface area contributed by atoms with Crippen LogP contribution < -0.4 is 26.4 Å². The van der Waals surface area contributed by atoms with Gasteiger partial charge in [-0.15, -0.1) is 13.2 Å². The van der Waals surface area contributed by atoms with Gasteiger partial charge in [-0.25, -0.2) is 4.98 Å². The molecule has 0 fully saturated rings. The smallest absolute Gasteiger partial charge is 0.404 e. The van der Waals surface area contributed by atoms with Gasteiger partial charge in [0, 0.05) is 66.8 Å². The molecular formula is C26H26ClF3N6O2. The number of hydrogen-bond donors (Lipinski definition) is 4. The number of fused-ring (bicyclic) bond motifs is 3. The Morgan fingerprint density at radius 1 is 1.03 bits per heavy atom. The quantitative estimate of drug-likeness (QED) is 0.119. The minimum Gasteiger partial charge on any atom is -0.404 e. The summed E-state index contributed by atoms with van der Waals surface area (Å²) in [5, 5.41) is 12.1. The zero-order valence-electron chi connectivity index (χ0n) is 20.2. The van der Waals surface area contributed by atoms with Gasteiger partial charge in [0.15, 0.2) is 0 Å². The van der Waals surface area contributed by atoms with Crippen LogP contribution in [0.3, 0.4) is 0 Å². The van der Waals surface area contributed by atoms with Crippen molar-refractivity contribution >= 4 is 50.7 Å². The zero-order chi connectivity index (χ0) is 27.1.